The predicted octanol–water partition coefficient (Wildman–Crippen LogP) is 4.90. The van der Waals surface area contributed by atoms with Crippen LogP contribution >= 0.6 is 0 Å². The molecule has 0 spiro atoms. The monoisotopic (exact) mass is 416 g/mol. The average molecular weight is 417 g/mol. The predicted molar refractivity (Wildman–Crippen MR) is 123 cm³/mol. The fourth-order valence-electron chi connectivity index (χ4n) is 3.49. The SMILES string of the molecule is Cc1cc(C)c(NC(=O)CN(C)C(=O)c2ccc(COc3ccccc3)cc2)c(C)c1. The van der Waals surface area contributed by atoms with E-state index in [-0.39, 0.29) is 18.4 Å². The maximum Gasteiger partial charge on any atom is 0.254 e. The van der Waals surface area contributed by atoms with Gasteiger partial charge in [-0.3, -0.25) is 9.59 Å². The van der Waals surface area contributed by atoms with Gasteiger partial charge in [0.05, 0.1) is 6.54 Å². The summed E-state index contributed by atoms with van der Waals surface area (Å²) in [6, 6.07) is 20.9. The van der Waals surface area contributed by atoms with Crippen molar-refractivity contribution in [2.75, 3.05) is 18.9 Å². The lowest BCUT2D eigenvalue weighted by atomic mass is 10.1. The van der Waals surface area contributed by atoms with E-state index in [4.69, 9.17) is 4.74 Å². The zero-order valence-corrected chi connectivity index (χ0v) is 18.4. The Balaban J connectivity index is 1.56. The van der Waals surface area contributed by atoms with Gasteiger partial charge in [-0.2, -0.15) is 0 Å². The van der Waals surface area contributed by atoms with Crippen molar-refractivity contribution in [1.82, 2.24) is 4.90 Å². The Morgan fingerprint density at radius 2 is 1.52 bits per heavy atom. The third-order valence-electron chi connectivity index (χ3n) is 5.02. The number of carbonyl (C=O) groups is 2. The van der Waals surface area contributed by atoms with Crippen LogP contribution in [0.1, 0.15) is 32.6 Å². The Hall–Kier alpha value is -3.60. The van der Waals surface area contributed by atoms with Gasteiger partial charge in [-0.25, -0.2) is 0 Å². The van der Waals surface area contributed by atoms with E-state index in [9.17, 15) is 9.59 Å². The number of amides is 2. The molecule has 0 aliphatic heterocycles. The topological polar surface area (TPSA) is 58.6 Å². The molecule has 0 aromatic heterocycles. The first-order valence-corrected chi connectivity index (χ1v) is 10.2. The second-order valence-corrected chi connectivity index (χ2v) is 7.78. The number of nitrogens with zero attached hydrogens (tertiary/aromatic N) is 1. The number of para-hydroxylation sites is 1. The molecule has 0 radical (unpaired) electrons. The maximum atomic E-state index is 12.7. The number of rotatable bonds is 7. The van der Waals surface area contributed by atoms with Crippen molar-refractivity contribution in [1.29, 1.82) is 0 Å². The third kappa shape index (κ3) is 5.95. The minimum atomic E-state index is -0.223. The summed E-state index contributed by atoms with van der Waals surface area (Å²) in [5, 5.41) is 2.94. The van der Waals surface area contributed by atoms with Gasteiger partial charge in [0.25, 0.3) is 5.91 Å². The van der Waals surface area contributed by atoms with Crippen LogP contribution in [-0.2, 0) is 11.4 Å². The second-order valence-electron chi connectivity index (χ2n) is 7.78. The van der Waals surface area contributed by atoms with Gasteiger partial charge < -0.3 is 15.0 Å². The molecule has 3 aromatic rings. The summed E-state index contributed by atoms with van der Waals surface area (Å²) in [7, 11) is 1.63. The molecule has 5 heteroatoms. The molecule has 2 amide bonds. The Bertz CT molecular complexity index is 1040. The molecular formula is C26H28N2O3. The van der Waals surface area contributed by atoms with Crippen LogP contribution in [0.5, 0.6) is 5.75 Å². The van der Waals surface area contributed by atoms with Crippen LogP contribution in [0.2, 0.25) is 0 Å². The van der Waals surface area contributed by atoms with Gasteiger partial charge in [-0.05, 0) is 61.7 Å². The summed E-state index contributed by atoms with van der Waals surface area (Å²) in [6.07, 6.45) is 0. The normalized spacial score (nSPS) is 10.5. The van der Waals surface area contributed by atoms with E-state index in [2.05, 4.69) is 5.32 Å². The molecule has 3 aromatic carbocycles. The summed E-state index contributed by atoms with van der Waals surface area (Å²) in [4.78, 5) is 26.6. The first-order valence-electron chi connectivity index (χ1n) is 10.2. The molecule has 0 unspecified atom stereocenters. The maximum absolute atomic E-state index is 12.7. The lowest BCUT2D eigenvalue weighted by molar-refractivity contribution is -0.116. The van der Waals surface area contributed by atoms with Gasteiger partial charge in [0.1, 0.15) is 12.4 Å². The van der Waals surface area contributed by atoms with Crippen molar-refractivity contribution < 1.29 is 14.3 Å². The average Bonchev–Trinajstić information content (AvgIpc) is 2.75. The molecule has 31 heavy (non-hydrogen) atoms. The van der Waals surface area contributed by atoms with Crippen LogP contribution in [0.25, 0.3) is 0 Å². The van der Waals surface area contributed by atoms with E-state index in [1.165, 1.54) is 4.90 Å². The summed E-state index contributed by atoms with van der Waals surface area (Å²) in [6.45, 7) is 6.36. The molecule has 0 atom stereocenters. The van der Waals surface area contributed by atoms with Gasteiger partial charge in [0, 0.05) is 18.3 Å². The molecule has 0 heterocycles. The Kier molecular flexibility index (Phi) is 7.08. The van der Waals surface area contributed by atoms with E-state index in [1.54, 1.807) is 19.2 Å². The number of aryl methyl sites for hydroxylation is 3. The summed E-state index contributed by atoms with van der Waals surface area (Å²) in [5.74, 6) is 0.370. The van der Waals surface area contributed by atoms with Crippen LogP contribution in [0, 0.1) is 20.8 Å². The molecule has 1 N–H and O–H groups in total. The number of nitrogens with one attached hydrogen (secondary N) is 1. The molecule has 0 aliphatic rings. The van der Waals surface area contributed by atoms with Gasteiger partial charge in [-0.1, -0.05) is 48.0 Å². The highest BCUT2D eigenvalue weighted by atomic mass is 16.5. The second kappa shape index (κ2) is 9.94. The molecule has 0 saturated heterocycles. The van der Waals surface area contributed by atoms with Crippen LogP contribution in [0.15, 0.2) is 66.7 Å². The van der Waals surface area contributed by atoms with Crippen molar-refractivity contribution in [3.63, 3.8) is 0 Å². The van der Waals surface area contributed by atoms with Crippen LogP contribution in [-0.4, -0.2) is 30.3 Å². The van der Waals surface area contributed by atoms with E-state index >= 15 is 0 Å². The highest BCUT2D eigenvalue weighted by Crippen LogP contribution is 2.22. The molecule has 5 nitrogen and oxygen atoms in total. The van der Waals surface area contributed by atoms with Crippen LogP contribution < -0.4 is 10.1 Å². The summed E-state index contributed by atoms with van der Waals surface area (Å²) >= 11 is 0. The molecule has 3 rings (SSSR count). The zero-order chi connectivity index (χ0) is 22.4. The van der Waals surface area contributed by atoms with E-state index in [0.29, 0.717) is 12.2 Å². The van der Waals surface area contributed by atoms with E-state index in [0.717, 1.165) is 33.7 Å². The fraction of sp³-hybridized carbons (Fsp3) is 0.231. The molecule has 0 bridgehead atoms. The largest absolute Gasteiger partial charge is 0.489 e. The Labute approximate surface area is 183 Å². The van der Waals surface area contributed by atoms with Crippen molar-refractivity contribution in [2.45, 2.75) is 27.4 Å². The standard InChI is InChI=1S/C26H28N2O3/c1-18-14-19(2)25(20(3)15-18)27-24(29)16-28(4)26(30)22-12-10-21(11-13-22)17-31-23-8-6-5-7-9-23/h5-15H,16-17H2,1-4H3,(H,27,29). The zero-order valence-electron chi connectivity index (χ0n) is 18.4. The third-order valence-corrected chi connectivity index (χ3v) is 5.02. The molecule has 160 valence electrons. The van der Waals surface area contributed by atoms with Gasteiger partial charge in [0.2, 0.25) is 5.91 Å². The van der Waals surface area contributed by atoms with E-state index in [1.807, 2.05) is 75.4 Å². The van der Waals surface area contributed by atoms with Crippen molar-refractivity contribution in [2.24, 2.45) is 0 Å². The van der Waals surface area contributed by atoms with Crippen LogP contribution in [0.4, 0.5) is 5.69 Å². The smallest absolute Gasteiger partial charge is 0.254 e. The number of anilines is 1. The molecule has 0 fully saturated rings. The van der Waals surface area contributed by atoms with Gasteiger partial charge in [0.15, 0.2) is 0 Å². The van der Waals surface area contributed by atoms with Crippen molar-refractivity contribution in [3.05, 3.63) is 94.5 Å². The number of likely N-dealkylation sites (N-methyl/N-ethyl adjacent to an activating group) is 1. The van der Waals surface area contributed by atoms with Gasteiger partial charge >= 0.3 is 0 Å². The van der Waals surface area contributed by atoms with Crippen LogP contribution in [0.3, 0.4) is 0 Å². The molecule has 0 aliphatic carbocycles. The highest BCUT2D eigenvalue weighted by Gasteiger charge is 2.16. The minimum Gasteiger partial charge on any atom is -0.489 e. The number of ether oxygens (including phenoxy) is 1. The first-order chi connectivity index (χ1) is 14.8. The Morgan fingerprint density at radius 1 is 0.903 bits per heavy atom. The summed E-state index contributed by atoms with van der Waals surface area (Å²) in [5.41, 5.74) is 5.46. The first kappa shape index (κ1) is 22.1. The highest BCUT2D eigenvalue weighted by molar-refractivity contribution is 5.99. The van der Waals surface area contributed by atoms with Crippen molar-refractivity contribution >= 4 is 17.5 Å². The minimum absolute atomic E-state index is 0.0234. The van der Waals surface area contributed by atoms with Gasteiger partial charge in [-0.15, -0.1) is 0 Å². The lowest BCUT2D eigenvalue weighted by Gasteiger charge is -2.19. The molecular weight excluding hydrogens is 388 g/mol. The van der Waals surface area contributed by atoms with E-state index < -0.39 is 0 Å². The number of carbonyl (C=O) groups excluding carboxylic acids is 2. The molecule has 0 saturated carbocycles. The Morgan fingerprint density at radius 3 is 2.13 bits per heavy atom. The quantitative estimate of drug-likeness (QED) is 0.596. The van der Waals surface area contributed by atoms with Crippen molar-refractivity contribution in [3.8, 4) is 5.75 Å². The number of hydrogen-bond donors (Lipinski definition) is 1. The number of hydrogen-bond acceptors (Lipinski definition) is 3. The fourth-order valence-corrected chi connectivity index (χ4v) is 3.49. The summed E-state index contributed by atoms with van der Waals surface area (Å²) < 4.78 is 5.73. The lowest BCUT2D eigenvalue weighted by Crippen LogP contribution is -2.35. The number of benzene rings is 3.